The second kappa shape index (κ2) is 5.77. The molecule has 3 heterocycles. The van der Waals surface area contributed by atoms with Crippen molar-refractivity contribution in [1.29, 1.82) is 0 Å². The summed E-state index contributed by atoms with van der Waals surface area (Å²) in [4.78, 5) is 21.6. The summed E-state index contributed by atoms with van der Waals surface area (Å²) in [5, 5.41) is 2.94. The minimum Gasteiger partial charge on any atom is -0.363 e. The van der Waals surface area contributed by atoms with Gasteiger partial charge in [0.25, 0.3) is 0 Å². The lowest BCUT2D eigenvalue weighted by molar-refractivity contribution is 0.191. The van der Waals surface area contributed by atoms with E-state index in [1.54, 1.807) is 6.20 Å². The maximum Gasteiger partial charge on any atom is 0.318 e. The number of nitrogens with zero attached hydrogens (tertiary/aromatic N) is 2. The van der Waals surface area contributed by atoms with E-state index >= 15 is 0 Å². The molecule has 1 aliphatic heterocycles. The summed E-state index contributed by atoms with van der Waals surface area (Å²) >= 11 is 0. The van der Waals surface area contributed by atoms with Crippen molar-refractivity contribution in [1.82, 2.24) is 20.2 Å². The highest BCUT2D eigenvalue weighted by atomic mass is 16.2. The standard InChI is InChI=1S/C15H18N4O/c20-15(18-11-12-5-1-2-8-16-12)19-10-4-7-14(19)13-6-3-9-17-13/h1-3,5-6,8-9,14,17H,4,7,10-11H2,(H,18,20)/t14-/m1/s1. The van der Waals surface area contributed by atoms with Crippen molar-refractivity contribution in [2.45, 2.75) is 25.4 Å². The summed E-state index contributed by atoms with van der Waals surface area (Å²) in [7, 11) is 0. The molecule has 5 heteroatoms. The molecule has 0 aromatic carbocycles. The number of aromatic amines is 1. The van der Waals surface area contributed by atoms with Gasteiger partial charge in [-0.05, 0) is 37.1 Å². The number of amides is 2. The van der Waals surface area contributed by atoms with E-state index in [0.717, 1.165) is 30.8 Å². The van der Waals surface area contributed by atoms with Gasteiger partial charge in [-0.2, -0.15) is 0 Å². The molecule has 0 unspecified atom stereocenters. The van der Waals surface area contributed by atoms with Gasteiger partial charge in [0.05, 0.1) is 18.3 Å². The zero-order valence-electron chi connectivity index (χ0n) is 11.2. The Kier molecular flexibility index (Phi) is 3.67. The van der Waals surface area contributed by atoms with Crippen LogP contribution in [0.5, 0.6) is 0 Å². The molecule has 20 heavy (non-hydrogen) atoms. The maximum absolute atomic E-state index is 12.3. The molecule has 0 bridgehead atoms. The Morgan fingerprint density at radius 3 is 3.10 bits per heavy atom. The molecule has 0 aliphatic carbocycles. The lowest BCUT2D eigenvalue weighted by Crippen LogP contribution is -2.39. The number of hydrogen-bond acceptors (Lipinski definition) is 2. The molecule has 2 N–H and O–H groups in total. The molecular formula is C15H18N4O. The van der Waals surface area contributed by atoms with E-state index in [2.05, 4.69) is 15.3 Å². The molecule has 0 saturated carbocycles. The van der Waals surface area contributed by atoms with Gasteiger partial charge in [0.1, 0.15) is 0 Å². The first-order chi connectivity index (χ1) is 9.84. The van der Waals surface area contributed by atoms with Crippen LogP contribution >= 0.6 is 0 Å². The second-order valence-electron chi connectivity index (χ2n) is 4.96. The number of hydrogen-bond donors (Lipinski definition) is 2. The number of urea groups is 1. The summed E-state index contributed by atoms with van der Waals surface area (Å²) in [5.74, 6) is 0. The van der Waals surface area contributed by atoms with Crippen LogP contribution in [0, 0.1) is 0 Å². The molecule has 1 atom stereocenters. The van der Waals surface area contributed by atoms with Gasteiger partial charge < -0.3 is 15.2 Å². The molecule has 1 aliphatic rings. The topological polar surface area (TPSA) is 61.0 Å². The molecule has 104 valence electrons. The number of nitrogens with one attached hydrogen (secondary N) is 2. The highest BCUT2D eigenvalue weighted by molar-refractivity contribution is 5.75. The van der Waals surface area contributed by atoms with Crippen molar-refractivity contribution >= 4 is 6.03 Å². The van der Waals surface area contributed by atoms with E-state index in [1.807, 2.05) is 41.4 Å². The predicted octanol–water partition coefficient (Wildman–Crippen LogP) is 2.46. The Morgan fingerprint density at radius 2 is 2.35 bits per heavy atom. The summed E-state index contributed by atoms with van der Waals surface area (Å²) in [6.45, 7) is 1.27. The van der Waals surface area contributed by atoms with Crippen molar-refractivity contribution in [2.24, 2.45) is 0 Å². The third kappa shape index (κ3) is 2.66. The molecule has 0 spiro atoms. The number of rotatable bonds is 3. The fourth-order valence-electron chi connectivity index (χ4n) is 2.66. The number of carbonyl (C=O) groups is 1. The largest absolute Gasteiger partial charge is 0.363 e. The van der Waals surface area contributed by atoms with Crippen molar-refractivity contribution in [3.63, 3.8) is 0 Å². The zero-order chi connectivity index (χ0) is 13.8. The fourth-order valence-corrected chi connectivity index (χ4v) is 2.66. The number of pyridine rings is 1. The van der Waals surface area contributed by atoms with Gasteiger partial charge in [0.15, 0.2) is 0 Å². The Morgan fingerprint density at radius 1 is 1.40 bits per heavy atom. The number of likely N-dealkylation sites (tertiary alicyclic amines) is 1. The molecule has 5 nitrogen and oxygen atoms in total. The SMILES string of the molecule is O=C(NCc1ccccn1)N1CCC[C@@H]1c1ccc[nH]1. The Balaban J connectivity index is 1.62. The van der Waals surface area contributed by atoms with Crippen LogP contribution in [0.2, 0.25) is 0 Å². The predicted molar refractivity (Wildman–Crippen MR) is 75.9 cm³/mol. The number of H-pyrrole nitrogens is 1. The van der Waals surface area contributed by atoms with Crippen molar-refractivity contribution in [3.05, 3.63) is 54.1 Å². The van der Waals surface area contributed by atoms with Gasteiger partial charge in [0, 0.05) is 24.6 Å². The minimum atomic E-state index is -0.0206. The Bertz CT molecular complexity index is 553. The quantitative estimate of drug-likeness (QED) is 0.900. The molecule has 2 amide bonds. The van der Waals surface area contributed by atoms with E-state index in [0.29, 0.717) is 6.54 Å². The van der Waals surface area contributed by atoms with Crippen LogP contribution < -0.4 is 5.32 Å². The smallest absolute Gasteiger partial charge is 0.318 e. The molecule has 2 aromatic heterocycles. The van der Waals surface area contributed by atoms with Gasteiger partial charge in [0.2, 0.25) is 0 Å². The van der Waals surface area contributed by atoms with E-state index in [9.17, 15) is 4.79 Å². The van der Waals surface area contributed by atoms with E-state index in [1.165, 1.54) is 0 Å². The van der Waals surface area contributed by atoms with Gasteiger partial charge >= 0.3 is 6.03 Å². The second-order valence-corrected chi connectivity index (χ2v) is 4.96. The summed E-state index contributed by atoms with van der Waals surface area (Å²) in [6, 6.07) is 9.85. The van der Waals surface area contributed by atoms with Gasteiger partial charge in [-0.15, -0.1) is 0 Å². The minimum absolute atomic E-state index is 0.0206. The molecule has 0 radical (unpaired) electrons. The van der Waals surface area contributed by atoms with Crippen LogP contribution in [0.3, 0.4) is 0 Å². The lowest BCUT2D eigenvalue weighted by atomic mass is 10.1. The Labute approximate surface area is 118 Å². The van der Waals surface area contributed by atoms with Crippen LogP contribution in [0.1, 0.15) is 30.3 Å². The summed E-state index contributed by atoms with van der Waals surface area (Å²) < 4.78 is 0. The lowest BCUT2D eigenvalue weighted by Gasteiger charge is -2.24. The zero-order valence-corrected chi connectivity index (χ0v) is 11.2. The average molecular weight is 270 g/mol. The fraction of sp³-hybridized carbons (Fsp3) is 0.333. The highest BCUT2D eigenvalue weighted by Gasteiger charge is 2.30. The summed E-state index contributed by atoms with van der Waals surface area (Å²) in [6.07, 6.45) is 5.69. The van der Waals surface area contributed by atoms with Crippen molar-refractivity contribution < 1.29 is 4.79 Å². The molecule has 3 rings (SSSR count). The third-order valence-corrected chi connectivity index (χ3v) is 3.64. The molecule has 1 saturated heterocycles. The summed E-state index contributed by atoms with van der Waals surface area (Å²) in [5.41, 5.74) is 1.98. The average Bonchev–Trinajstić information content (AvgIpc) is 3.15. The van der Waals surface area contributed by atoms with Crippen molar-refractivity contribution in [2.75, 3.05) is 6.54 Å². The van der Waals surface area contributed by atoms with Gasteiger partial charge in [-0.3, -0.25) is 4.98 Å². The first-order valence-corrected chi connectivity index (χ1v) is 6.92. The normalized spacial score (nSPS) is 18.2. The van der Waals surface area contributed by atoms with Crippen molar-refractivity contribution in [3.8, 4) is 0 Å². The van der Waals surface area contributed by atoms with Crippen LogP contribution in [0.15, 0.2) is 42.7 Å². The van der Waals surface area contributed by atoms with Crippen LogP contribution in [0.25, 0.3) is 0 Å². The molecule has 2 aromatic rings. The van der Waals surface area contributed by atoms with E-state index < -0.39 is 0 Å². The van der Waals surface area contributed by atoms with Crippen LogP contribution in [-0.4, -0.2) is 27.4 Å². The van der Waals surface area contributed by atoms with E-state index in [-0.39, 0.29) is 12.1 Å². The first kappa shape index (κ1) is 12.7. The molecule has 1 fully saturated rings. The first-order valence-electron chi connectivity index (χ1n) is 6.92. The number of aromatic nitrogens is 2. The van der Waals surface area contributed by atoms with Crippen LogP contribution in [0.4, 0.5) is 4.79 Å². The van der Waals surface area contributed by atoms with Gasteiger partial charge in [-0.1, -0.05) is 6.07 Å². The maximum atomic E-state index is 12.3. The molecular weight excluding hydrogens is 252 g/mol. The monoisotopic (exact) mass is 270 g/mol. The van der Waals surface area contributed by atoms with Crippen LogP contribution in [-0.2, 0) is 6.54 Å². The van der Waals surface area contributed by atoms with E-state index in [4.69, 9.17) is 0 Å². The highest BCUT2D eigenvalue weighted by Crippen LogP contribution is 2.30. The number of carbonyl (C=O) groups excluding carboxylic acids is 1. The Hall–Kier alpha value is -2.30. The van der Waals surface area contributed by atoms with Gasteiger partial charge in [-0.25, -0.2) is 4.79 Å². The third-order valence-electron chi connectivity index (χ3n) is 3.64.